The Bertz CT molecular complexity index is 288. The number of carbonyl (C=O) groups is 3. The predicted molar refractivity (Wildman–Crippen MR) is 33.2 cm³/mol. The Morgan fingerprint density at radius 2 is 2.00 bits per heavy atom. The quantitative estimate of drug-likeness (QED) is 0.518. The SMILES string of the molecule is O=C(O)C1=CC(=O)C(C(=O)O)O1. The maximum Gasteiger partial charge on any atom is 0.371 e. The summed E-state index contributed by atoms with van der Waals surface area (Å²) in [7, 11) is 0. The number of ether oxygens (including phenoxy) is 1. The molecule has 1 aliphatic rings. The van der Waals surface area contributed by atoms with Crippen LogP contribution in [0.1, 0.15) is 0 Å². The number of rotatable bonds is 2. The van der Waals surface area contributed by atoms with Gasteiger partial charge in [-0.2, -0.15) is 0 Å². The van der Waals surface area contributed by atoms with Crippen molar-refractivity contribution in [3.8, 4) is 0 Å². The van der Waals surface area contributed by atoms with Crippen LogP contribution >= 0.6 is 0 Å². The maximum absolute atomic E-state index is 10.7. The van der Waals surface area contributed by atoms with Gasteiger partial charge in [0.25, 0.3) is 6.10 Å². The third-order valence-corrected chi connectivity index (χ3v) is 1.21. The molecule has 0 fully saturated rings. The van der Waals surface area contributed by atoms with Crippen LogP contribution in [0.3, 0.4) is 0 Å². The van der Waals surface area contributed by atoms with E-state index in [0.717, 1.165) is 0 Å². The van der Waals surface area contributed by atoms with Gasteiger partial charge in [0.05, 0.1) is 0 Å². The number of hydrogen-bond acceptors (Lipinski definition) is 4. The van der Waals surface area contributed by atoms with Gasteiger partial charge in [-0.15, -0.1) is 0 Å². The number of ketones is 1. The van der Waals surface area contributed by atoms with Crippen molar-refractivity contribution in [2.75, 3.05) is 0 Å². The minimum Gasteiger partial charge on any atom is -0.478 e. The van der Waals surface area contributed by atoms with E-state index in [1.807, 2.05) is 0 Å². The third-order valence-electron chi connectivity index (χ3n) is 1.21. The Kier molecular flexibility index (Phi) is 1.82. The molecule has 1 heterocycles. The molecule has 1 atom stereocenters. The normalized spacial score (nSPS) is 21.5. The summed E-state index contributed by atoms with van der Waals surface area (Å²) in [5.74, 6) is -4.44. The van der Waals surface area contributed by atoms with Crippen molar-refractivity contribution in [2.45, 2.75) is 6.10 Å². The topological polar surface area (TPSA) is 101 Å². The van der Waals surface area contributed by atoms with Gasteiger partial charge >= 0.3 is 11.9 Å². The van der Waals surface area contributed by atoms with E-state index in [-0.39, 0.29) is 0 Å². The van der Waals surface area contributed by atoms with Crippen molar-refractivity contribution in [3.05, 3.63) is 11.8 Å². The second-order valence-electron chi connectivity index (χ2n) is 2.05. The Labute approximate surface area is 66.1 Å². The summed E-state index contributed by atoms with van der Waals surface area (Å²) < 4.78 is 4.31. The highest BCUT2D eigenvalue weighted by atomic mass is 16.5. The highest BCUT2D eigenvalue weighted by Gasteiger charge is 2.35. The molecular weight excluding hydrogens is 168 g/mol. The highest BCUT2D eigenvalue weighted by molar-refractivity contribution is 6.12. The molecule has 12 heavy (non-hydrogen) atoms. The molecule has 1 rings (SSSR count). The molecule has 0 aromatic carbocycles. The van der Waals surface area contributed by atoms with Gasteiger partial charge in [-0.3, -0.25) is 4.79 Å². The van der Waals surface area contributed by atoms with E-state index in [2.05, 4.69) is 4.74 Å². The molecule has 1 aliphatic heterocycles. The van der Waals surface area contributed by atoms with Crippen molar-refractivity contribution in [1.82, 2.24) is 0 Å². The molecule has 1 unspecified atom stereocenters. The smallest absolute Gasteiger partial charge is 0.371 e. The van der Waals surface area contributed by atoms with Gasteiger partial charge in [-0.1, -0.05) is 0 Å². The molecule has 0 saturated carbocycles. The van der Waals surface area contributed by atoms with Crippen LogP contribution in [0.4, 0.5) is 0 Å². The van der Waals surface area contributed by atoms with Crippen molar-refractivity contribution in [1.29, 1.82) is 0 Å². The fraction of sp³-hybridized carbons (Fsp3) is 0.167. The number of aliphatic carboxylic acids is 2. The van der Waals surface area contributed by atoms with Crippen LogP contribution in [0.15, 0.2) is 11.8 Å². The van der Waals surface area contributed by atoms with Crippen molar-refractivity contribution >= 4 is 17.7 Å². The molecule has 2 N–H and O–H groups in total. The van der Waals surface area contributed by atoms with E-state index in [1.165, 1.54) is 0 Å². The van der Waals surface area contributed by atoms with Gasteiger partial charge in [0, 0.05) is 6.08 Å². The van der Waals surface area contributed by atoms with Crippen LogP contribution < -0.4 is 0 Å². The summed E-state index contributed by atoms with van der Waals surface area (Å²) in [5.41, 5.74) is 0. The number of carbonyl (C=O) groups excluding carboxylic acids is 1. The molecule has 6 nitrogen and oxygen atoms in total. The molecule has 0 aromatic heterocycles. The van der Waals surface area contributed by atoms with Gasteiger partial charge in [0.15, 0.2) is 0 Å². The Hall–Kier alpha value is -1.85. The fourth-order valence-electron chi connectivity index (χ4n) is 0.708. The highest BCUT2D eigenvalue weighted by Crippen LogP contribution is 2.13. The first-order valence-corrected chi connectivity index (χ1v) is 2.90. The van der Waals surface area contributed by atoms with Gasteiger partial charge in [-0.25, -0.2) is 9.59 Å². The Morgan fingerprint density at radius 3 is 2.25 bits per heavy atom. The monoisotopic (exact) mass is 172 g/mol. The Morgan fingerprint density at radius 1 is 1.42 bits per heavy atom. The van der Waals surface area contributed by atoms with Gasteiger partial charge in [-0.05, 0) is 0 Å². The molecular formula is C6H4O6. The van der Waals surface area contributed by atoms with Crippen LogP contribution in [-0.2, 0) is 19.1 Å². The van der Waals surface area contributed by atoms with Crippen LogP contribution in [0.25, 0.3) is 0 Å². The average molecular weight is 172 g/mol. The summed E-state index contributed by atoms with van der Waals surface area (Å²) in [6, 6.07) is 0. The fourth-order valence-corrected chi connectivity index (χ4v) is 0.708. The molecule has 0 aromatic rings. The largest absolute Gasteiger partial charge is 0.478 e. The lowest BCUT2D eigenvalue weighted by molar-refractivity contribution is -0.151. The first-order valence-electron chi connectivity index (χ1n) is 2.90. The zero-order valence-corrected chi connectivity index (χ0v) is 5.68. The molecule has 0 aliphatic carbocycles. The van der Waals surface area contributed by atoms with E-state index in [1.54, 1.807) is 0 Å². The number of carboxylic acids is 2. The first-order chi connectivity index (χ1) is 5.52. The van der Waals surface area contributed by atoms with E-state index < -0.39 is 29.6 Å². The van der Waals surface area contributed by atoms with E-state index in [4.69, 9.17) is 10.2 Å². The summed E-state index contributed by atoms with van der Waals surface area (Å²) in [6.45, 7) is 0. The average Bonchev–Trinajstić information content (AvgIpc) is 2.30. The second kappa shape index (κ2) is 2.65. The predicted octanol–water partition coefficient (Wildman–Crippen LogP) is -0.993. The van der Waals surface area contributed by atoms with Crippen LogP contribution in [0, 0.1) is 0 Å². The molecule has 0 amide bonds. The minimum absolute atomic E-state index is 0.632. The molecule has 0 spiro atoms. The molecule has 0 bridgehead atoms. The van der Waals surface area contributed by atoms with Gasteiger partial charge < -0.3 is 14.9 Å². The Balaban J connectivity index is 2.80. The van der Waals surface area contributed by atoms with Crippen LogP contribution in [0.2, 0.25) is 0 Å². The summed E-state index contributed by atoms with van der Waals surface area (Å²) in [5, 5.41) is 16.6. The van der Waals surface area contributed by atoms with Crippen molar-refractivity contribution in [2.24, 2.45) is 0 Å². The molecule has 6 heteroatoms. The van der Waals surface area contributed by atoms with Crippen molar-refractivity contribution in [3.63, 3.8) is 0 Å². The summed E-state index contributed by atoms with van der Waals surface area (Å²) in [6.07, 6.45) is -1.04. The second-order valence-corrected chi connectivity index (χ2v) is 2.05. The lowest BCUT2D eigenvalue weighted by Crippen LogP contribution is -2.27. The maximum atomic E-state index is 10.7. The number of hydrogen-bond donors (Lipinski definition) is 2. The number of carboxylic acid groups (broad SMARTS) is 2. The van der Waals surface area contributed by atoms with Crippen LogP contribution in [0.5, 0.6) is 0 Å². The molecule has 0 saturated heterocycles. The van der Waals surface area contributed by atoms with Gasteiger partial charge in [0.2, 0.25) is 11.5 Å². The minimum atomic E-state index is -1.70. The lowest BCUT2D eigenvalue weighted by Gasteiger charge is -2.03. The zero-order chi connectivity index (χ0) is 9.30. The standard InChI is InChI=1S/C6H4O6/c7-2-1-3(5(8)9)12-4(2)6(10)11/h1,4H,(H,8,9)(H,10,11). The van der Waals surface area contributed by atoms with Crippen LogP contribution in [-0.4, -0.2) is 34.0 Å². The lowest BCUT2D eigenvalue weighted by atomic mass is 10.2. The molecule has 0 radical (unpaired) electrons. The zero-order valence-electron chi connectivity index (χ0n) is 5.68. The van der Waals surface area contributed by atoms with E-state index in [9.17, 15) is 14.4 Å². The van der Waals surface area contributed by atoms with Gasteiger partial charge in [0.1, 0.15) is 0 Å². The summed E-state index contributed by atoms with van der Waals surface area (Å²) in [4.78, 5) is 31.1. The molecule has 64 valence electrons. The first kappa shape index (κ1) is 8.25. The summed E-state index contributed by atoms with van der Waals surface area (Å²) >= 11 is 0. The van der Waals surface area contributed by atoms with E-state index in [0.29, 0.717) is 6.08 Å². The van der Waals surface area contributed by atoms with Crippen molar-refractivity contribution < 1.29 is 29.3 Å². The third kappa shape index (κ3) is 1.26. The van der Waals surface area contributed by atoms with E-state index >= 15 is 0 Å².